The van der Waals surface area contributed by atoms with E-state index in [1.807, 2.05) is 85.2 Å². The number of nitrogens with one attached hydrogen (secondary N) is 3. The smallest absolute Gasteiger partial charge is 0.297 e. The summed E-state index contributed by atoms with van der Waals surface area (Å²) in [5.41, 5.74) is 1.07. The highest BCUT2D eigenvalue weighted by molar-refractivity contribution is 7.91. The van der Waals surface area contributed by atoms with Gasteiger partial charge < -0.3 is 20.3 Å². The fourth-order valence-corrected chi connectivity index (χ4v) is 8.75. The average Bonchev–Trinajstić information content (AvgIpc) is 3.92. The van der Waals surface area contributed by atoms with Gasteiger partial charge in [0, 0.05) is 24.1 Å². The van der Waals surface area contributed by atoms with Crippen molar-refractivity contribution in [3.05, 3.63) is 66.7 Å². The predicted octanol–water partition coefficient (Wildman–Crippen LogP) is 4.84. The Labute approximate surface area is 299 Å². The maximum atomic E-state index is 14.6. The number of allylic oxidation sites excluding steroid dienone is 1. The van der Waals surface area contributed by atoms with Crippen LogP contribution in [0.1, 0.15) is 84.6 Å². The first-order valence-corrected chi connectivity index (χ1v) is 19.7. The molecule has 0 unspecified atom stereocenters. The minimum atomic E-state index is -3.94. The molecule has 3 aromatic rings. The molecule has 12 nitrogen and oxygen atoms in total. The van der Waals surface area contributed by atoms with Crippen LogP contribution in [-0.4, -0.2) is 75.6 Å². The highest BCUT2D eigenvalue weighted by Crippen LogP contribution is 2.47. The molecular formula is C38H48N6O6S. The van der Waals surface area contributed by atoms with Crippen LogP contribution in [0.4, 0.5) is 5.69 Å². The number of benzene rings is 2. The van der Waals surface area contributed by atoms with Gasteiger partial charge in [-0.3, -0.25) is 23.7 Å². The summed E-state index contributed by atoms with van der Waals surface area (Å²) >= 11 is 0. The van der Waals surface area contributed by atoms with E-state index in [0.717, 1.165) is 42.4 Å². The van der Waals surface area contributed by atoms with Gasteiger partial charge in [0.1, 0.15) is 23.7 Å². The largest absolute Gasteiger partial charge is 0.459 e. The first kappa shape index (κ1) is 35.0. The molecule has 51 heavy (non-hydrogen) atoms. The second-order valence-corrected chi connectivity index (χ2v) is 17.3. The lowest BCUT2D eigenvalue weighted by atomic mass is 10.0. The van der Waals surface area contributed by atoms with Crippen LogP contribution >= 0.6 is 0 Å². The number of imidazole rings is 1. The zero-order valence-corrected chi connectivity index (χ0v) is 30.3. The molecule has 3 heterocycles. The van der Waals surface area contributed by atoms with Gasteiger partial charge in [-0.2, -0.15) is 4.98 Å². The minimum Gasteiger partial charge on any atom is -0.459 e. The number of rotatable bonds is 8. The number of aromatic nitrogens is 2. The van der Waals surface area contributed by atoms with Crippen molar-refractivity contribution < 1.29 is 27.5 Å². The van der Waals surface area contributed by atoms with E-state index < -0.39 is 50.3 Å². The van der Waals surface area contributed by atoms with E-state index in [1.165, 1.54) is 0 Å². The lowest BCUT2D eigenvalue weighted by Gasteiger charge is -2.30. The zero-order chi connectivity index (χ0) is 36.0. The Morgan fingerprint density at radius 2 is 1.78 bits per heavy atom. The first-order chi connectivity index (χ1) is 24.4. The van der Waals surface area contributed by atoms with Crippen molar-refractivity contribution >= 4 is 44.5 Å². The van der Waals surface area contributed by atoms with Gasteiger partial charge in [-0.15, -0.1) is 0 Å². The van der Waals surface area contributed by atoms with Crippen molar-refractivity contribution in [3.8, 4) is 6.01 Å². The number of nitrogens with zero attached hydrogens (tertiary/aromatic N) is 3. The summed E-state index contributed by atoms with van der Waals surface area (Å²) in [6.45, 7) is 5.85. The molecule has 2 aromatic carbocycles. The number of carbonyl (C=O) groups excluding carboxylic acids is 3. The molecule has 3 N–H and O–H groups in total. The normalized spacial score (nSPS) is 28.5. The van der Waals surface area contributed by atoms with Crippen LogP contribution in [0.25, 0.3) is 11.0 Å². The topological polar surface area (TPSA) is 152 Å². The maximum absolute atomic E-state index is 14.6. The average molecular weight is 717 g/mol. The van der Waals surface area contributed by atoms with Gasteiger partial charge in [0.2, 0.25) is 21.8 Å². The molecule has 272 valence electrons. The summed E-state index contributed by atoms with van der Waals surface area (Å²) in [5, 5.41) is 6.39. The zero-order valence-electron chi connectivity index (χ0n) is 29.5. The van der Waals surface area contributed by atoms with E-state index >= 15 is 0 Å². The van der Waals surface area contributed by atoms with Crippen molar-refractivity contribution in [3.63, 3.8) is 0 Å². The fraction of sp³-hybridized carbons (Fsp3) is 0.526. The highest BCUT2D eigenvalue weighted by Gasteiger charge is 2.63. The van der Waals surface area contributed by atoms with Gasteiger partial charge in [0.05, 0.1) is 22.3 Å². The number of para-hydroxylation sites is 3. The fourth-order valence-electron chi connectivity index (χ4n) is 7.44. The standard InChI is InChI=1S/C38H48N6O6S/c1-25(2)44-31-19-13-12-17-29(31)40-36(44)50-28-22-32-33(45)41-38(35(47)42-51(48,49)37(3)20-21-37)23-26(38)14-8-5-4-6-11-18-30(34(46)43(32)24-28)39-27-15-9-7-10-16-27/h7-10,12-17,19,25-26,28,30,32,39H,4-6,11,18,20-24H2,1-3H3,(H,41,45)(H,42,47)/b14-8-/t26-,28-,30+,32+,38-/m1/s1. The number of hydrogen-bond donors (Lipinski definition) is 3. The maximum Gasteiger partial charge on any atom is 0.297 e. The van der Waals surface area contributed by atoms with E-state index in [2.05, 4.69) is 15.4 Å². The van der Waals surface area contributed by atoms with E-state index in [4.69, 9.17) is 9.72 Å². The number of ether oxygens (including phenoxy) is 1. The Bertz CT molecular complexity index is 1940. The van der Waals surface area contributed by atoms with Crippen LogP contribution in [-0.2, 0) is 24.4 Å². The van der Waals surface area contributed by atoms with Crippen LogP contribution in [0.3, 0.4) is 0 Å². The number of fused-ring (bicyclic) bond motifs is 3. The monoisotopic (exact) mass is 716 g/mol. The van der Waals surface area contributed by atoms with Crippen LogP contribution in [0, 0.1) is 5.92 Å². The lowest BCUT2D eigenvalue weighted by Crippen LogP contribution is -2.58. The number of sulfonamides is 1. The summed E-state index contributed by atoms with van der Waals surface area (Å²) in [5.74, 6) is -1.85. The van der Waals surface area contributed by atoms with Gasteiger partial charge in [-0.1, -0.05) is 55.3 Å². The molecule has 13 heteroatoms. The number of amides is 3. The van der Waals surface area contributed by atoms with Crippen molar-refractivity contribution in [2.24, 2.45) is 5.92 Å². The quantitative estimate of drug-likeness (QED) is 0.280. The molecule has 1 aromatic heterocycles. The third kappa shape index (κ3) is 6.96. The van der Waals surface area contributed by atoms with Crippen molar-refractivity contribution in [2.45, 2.75) is 113 Å². The Kier molecular flexibility index (Phi) is 9.36. The molecule has 4 aliphatic rings. The molecule has 2 aliphatic heterocycles. The molecule has 0 radical (unpaired) electrons. The summed E-state index contributed by atoms with van der Waals surface area (Å²) in [6.07, 6.45) is 8.71. The number of carbonyl (C=O) groups is 3. The minimum absolute atomic E-state index is 0.0380. The van der Waals surface area contributed by atoms with Gasteiger partial charge >= 0.3 is 0 Å². The van der Waals surface area contributed by atoms with Crippen molar-refractivity contribution in [1.29, 1.82) is 0 Å². The van der Waals surface area contributed by atoms with Crippen LogP contribution in [0.15, 0.2) is 66.7 Å². The Balaban J connectivity index is 1.21. The predicted molar refractivity (Wildman–Crippen MR) is 194 cm³/mol. The van der Waals surface area contributed by atoms with E-state index in [-0.39, 0.29) is 37.3 Å². The van der Waals surface area contributed by atoms with E-state index in [0.29, 0.717) is 25.3 Å². The van der Waals surface area contributed by atoms with E-state index in [1.54, 1.807) is 11.8 Å². The van der Waals surface area contributed by atoms with Crippen LogP contribution in [0.2, 0.25) is 0 Å². The van der Waals surface area contributed by atoms with Crippen molar-refractivity contribution in [2.75, 3.05) is 11.9 Å². The Morgan fingerprint density at radius 3 is 2.53 bits per heavy atom. The Hall–Kier alpha value is -4.39. The summed E-state index contributed by atoms with van der Waals surface area (Å²) in [4.78, 5) is 49.2. The summed E-state index contributed by atoms with van der Waals surface area (Å²) < 4.78 is 36.1. The summed E-state index contributed by atoms with van der Waals surface area (Å²) in [7, 11) is -3.94. The third-order valence-electron chi connectivity index (χ3n) is 10.9. The number of hydrogen-bond acceptors (Lipinski definition) is 8. The molecule has 7 rings (SSSR count). The summed E-state index contributed by atoms with van der Waals surface area (Å²) in [6, 6.07) is 16.2. The molecule has 3 fully saturated rings. The molecule has 0 spiro atoms. The van der Waals surface area contributed by atoms with Gasteiger partial charge in [0.15, 0.2) is 0 Å². The molecule has 5 atom stereocenters. The van der Waals surface area contributed by atoms with Crippen LogP contribution < -0.4 is 20.1 Å². The molecule has 0 bridgehead atoms. The van der Waals surface area contributed by atoms with Gasteiger partial charge in [0.25, 0.3) is 11.9 Å². The first-order valence-electron chi connectivity index (χ1n) is 18.2. The molecule has 2 saturated carbocycles. The van der Waals surface area contributed by atoms with Gasteiger partial charge in [-0.25, -0.2) is 8.42 Å². The number of anilines is 1. The molecule has 2 aliphatic carbocycles. The third-order valence-corrected chi connectivity index (χ3v) is 13.1. The second kappa shape index (κ2) is 13.6. The highest BCUT2D eigenvalue weighted by atomic mass is 32.2. The molecular weight excluding hydrogens is 669 g/mol. The SMILES string of the molecule is CC(C)n1c(O[C@@H]2C[C@H]3C(=O)N[C@]4(C(=O)NS(=O)(=O)C5(C)CC5)C[C@H]4/C=C\CCCCC[C@H](Nc4ccccc4)C(=O)N3C2)nc2ccccc21. The molecule has 1 saturated heterocycles. The Morgan fingerprint density at radius 1 is 1.04 bits per heavy atom. The molecule has 3 amide bonds. The van der Waals surface area contributed by atoms with E-state index in [9.17, 15) is 22.8 Å². The lowest BCUT2D eigenvalue weighted by molar-refractivity contribution is -0.140. The van der Waals surface area contributed by atoms with Crippen molar-refractivity contribution in [1.82, 2.24) is 24.5 Å². The second-order valence-electron chi connectivity index (χ2n) is 15.1. The van der Waals surface area contributed by atoms with Crippen LogP contribution in [0.5, 0.6) is 6.01 Å². The van der Waals surface area contributed by atoms with Gasteiger partial charge in [-0.05, 0) is 83.6 Å².